The highest BCUT2D eigenvalue weighted by atomic mass is 35.5. The Labute approximate surface area is 225 Å². The maximum absolute atomic E-state index is 14.0. The summed E-state index contributed by atoms with van der Waals surface area (Å²) in [7, 11) is 3.18. The number of phenols is 1. The van der Waals surface area contributed by atoms with Gasteiger partial charge in [-0.25, -0.2) is 0 Å². The van der Waals surface area contributed by atoms with Gasteiger partial charge in [-0.05, 0) is 57.3 Å². The second-order valence-corrected chi connectivity index (χ2v) is 11.9. The van der Waals surface area contributed by atoms with E-state index in [4.69, 9.17) is 22.7 Å². The Morgan fingerprint density at radius 1 is 1.24 bits per heavy atom. The van der Waals surface area contributed by atoms with Crippen LogP contribution < -0.4 is 5.73 Å². The van der Waals surface area contributed by atoms with Crippen LogP contribution in [-0.2, 0) is 33.9 Å². The molecular formula is C27H33ClN4O6. The standard InChI is InChI=1S/C27H33ClN4O6/c1-5-10(2)32-8-13-14(9-32)21(33)17-12(19(13)28)6-11-7-15-20(31(3)4)23(35)18(26(30)37)24(29)27(15,38)25(36)16(11)22(17)34/h10-11,15-16,18,20,29,33,38H,5-9H2,1-4H3,(H2,30,37). The molecule has 2 fully saturated rings. The van der Waals surface area contributed by atoms with Gasteiger partial charge in [0, 0.05) is 35.6 Å². The summed E-state index contributed by atoms with van der Waals surface area (Å²) in [5, 5.41) is 32.0. The molecule has 0 spiro atoms. The van der Waals surface area contributed by atoms with Crippen molar-refractivity contribution in [2.24, 2.45) is 29.4 Å². The number of halogens is 1. The normalized spacial score (nSPS) is 33.6. The highest BCUT2D eigenvalue weighted by molar-refractivity contribution is 6.35. The highest BCUT2D eigenvalue weighted by Crippen LogP contribution is 2.53. The van der Waals surface area contributed by atoms with Gasteiger partial charge < -0.3 is 21.4 Å². The van der Waals surface area contributed by atoms with Crippen molar-refractivity contribution < 1.29 is 29.4 Å². The Morgan fingerprint density at radius 3 is 2.45 bits per heavy atom. The van der Waals surface area contributed by atoms with Crippen molar-refractivity contribution in [3.8, 4) is 5.75 Å². The number of Topliss-reactive ketones (excluding diaryl/α,β-unsaturated/α-hetero) is 3. The summed E-state index contributed by atoms with van der Waals surface area (Å²) < 4.78 is 0. The number of ketones is 3. The van der Waals surface area contributed by atoms with Crippen molar-refractivity contribution in [3.63, 3.8) is 0 Å². The zero-order chi connectivity index (χ0) is 28.0. The van der Waals surface area contributed by atoms with Gasteiger partial charge in [-0.3, -0.25) is 29.0 Å². The second kappa shape index (κ2) is 8.94. The molecule has 1 amide bonds. The fourth-order valence-electron chi connectivity index (χ4n) is 7.22. The summed E-state index contributed by atoms with van der Waals surface area (Å²) in [6.45, 7) is 5.10. The summed E-state index contributed by atoms with van der Waals surface area (Å²) in [4.78, 5) is 57.0. The summed E-state index contributed by atoms with van der Waals surface area (Å²) in [6.07, 6.45) is 1.18. The third kappa shape index (κ3) is 3.40. The summed E-state index contributed by atoms with van der Waals surface area (Å²) in [5.74, 6) is -8.29. The van der Waals surface area contributed by atoms with Crippen molar-refractivity contribution in [1.29, 1.82) is 5.41 Å². The molecule has 7 atom stereocenters. The number of rotatable bonds is 4. The molecule has 3 aliphatic carbocycles. The summed E-state index contributed by atoms with van der Waals surface area (Å²) >= 11 is 6.86. The first-order chi connectivity index (χ1) is 17.8. The number of amides is 1. The van der Waals surface area contributed by atoms with Crippen LogP contribution in [0.25, 0.3) is 0 Å². The van der Waals surface area contributed by atoms with Gasteiger partial charge >= 0.3 is 0 Å². The largest absolute Gasteiger partial charge is 0.507 e. The summed E-state index contributed by atoms with van der Waals surface area (Å²) in [6, 6.07) is -0.821. The number of nitrogens with two attached hydrogens (primary N) is 1. The maximum atomic E-state index is 14.0. The molecule has 5 rings (SSSR count). The molecule has 4 aliphatic rings. The fourth-order valence-corrected chi connectivity index (χ4v) is 7.57. The first-order valence-corrected chi connectivity index (χ1v) is 13.3. The molecule has 1 aromatic carbocycles. The number of phenolic OH excluding ortho intramolecular Hbond substituents is 1. The Hall–Kier alpha value is -2.66. The minimum Gasteiger partial charge on any atom is -0.507 e. The number of primary amides is 1. The number of aliphatic hydroxyl groups is 1. The summed E-state index contributed by atoms with van der Waals surface area (Å²) in [5.41, 5.74) is 3.95. The van der Waals surface area contributed by atoms with E-state index in [0.717, 1.165) is 12.0 Å². The van der Waals surface area contributed by atoms with E-state index in [1.54, 1.807) is 14.1 Å². The minimum atomic E-state index is -2.51. The number of nitrogens with one attached hydrogen (secondary N) is 1. The van der Waals surface area contributed by atoms with Crippen LogP contribution in [-0.4, -0.2) is 80.8 Å². The van der Waals surface area contributed by atoms with Crippen LogP contribution in [0, 0.1) is 29.1 Å². The van der Waals surface area contributed by atoms with Crippen molar-refractivity contribution in [3.05, 3.63) is 27.3 Å². The number of fused-ring (bicyclic) bond motifs is 4. The molecule has 0 saturated heterocycles. The highest BCUT2D eigenvalue weighted by Gasteiger charge is 2.67. The van der Waals surface area contributed by atoms with Crippen molar-refractivity contribution >= 4 is 40.6 Å². The molecule has 5 N–H and O–H groups in total. The third-order valence-corrected chi connectivity index (χ3v) is 9.83. The molecule has 11 heteroatoms. The zero-order valence-corrected chi connectivity index (χ0v) is 22.6. The average molecular weight is 545 g/mol. The molecule has 204 valence electrons. The lowest BCUT2D eigenvalue weighted by atomic mass is 9.52. The molecule has 2 saturated carbocycles. The van der Waals surface area contributed by atoms with E-state index in [1.807, 2.05) is 0 Å². The van der Waals surface area contributed by atoms with Gasteiger partial charge in [0.1, 0.15) is 11.7 Å². The molecular weight excluding hydrogens is 512 g/mol. The Morgan fingerprint density at radius 2 is 1.87 bits per heavy atom. The number of likely N-dealkylation sites (N-methyl/N-ethyl adjacent to an activating group) is 1. The second-order valence-electron chi connectivity index (χ2n) is 11.5. The van der Waals surface area contributed by atoms with E-state index in [2.05, 4.69) is 18.7 Å². The zero-order valence-electron chi connectivity index (χ0n) is 21.9. The van der Waals surface area contributed by atoms with Crippen molar-refractivity contribution in [2.75, 3.05) is 14.1 Å². The lowest BCUT2D eigenvalue weighted by Crippen LogP contribution is -2.73. The van der Waals surface area contributed by atoms with Gasteiger partial charge in [0.2, 0.25) is 5.91 Å². The molecule has 10 nitrogen and oxygen atoms in total. The van der Waals surface area contributed by atoms with Crippen molar-refractivity contribution in [1.82, 2.24) is 9.80 Å². The Kier molecular flexibility index (Phi) is 6.34. The van der Waals surface area contributed by atoms with Gasteiger partial charge in [-0.2, -0.15) is 0 Å². The number of hydrogen-bond acceptors (Lipinski definition) is 9. The monoisotopic (exact) mass is 544 g/mol. The van der Waals surface area contributed by atoms with Crippen LogP contribution in [0.4, 0.5) is 0 Å². The number of aromatic hydroxyl groups is 1. The van der Waals surface area contributed by atoms with Gasteiger partial charge in [0.25, 0.3) is 0 Å². The van der Waals surface area contributed by atoms with Crippen LogP contribution >= 0.6 is 11.6 Å². The molecule has 1 heterocycles. The van der Waals surface area contributed by atoms with Gasteiger partial charge in [0.15, 0.2) is 23.0 Å². The molecule has 0 bridgehead atoms. The molecule has 0 aromatic heterocycles. The molecule has 1 aromatic rings. The van der Waals surface area contributed by atoms with Crippen LogP contribution in [0.3, 0.4) is 0 Å². The average Bonchev–Trinajstić information content (AvgIpc) is 3.30. The molecule has 0 radical (unpaired) electrons. The van der Waals surface area contributed by atoms with Crippen LogP contribution in [0.2, 0.25) is 5.02 Å². The number of carbonyl (C=O) groups excluding carboxylic acids is 4. The first kappa shape index (κ1) is 26.9. The molecule has 1 aliphatic heterocycles. The predicted octanol–water partition coefficient (Wildman–Crippen LogP) is 1.09. The topological polar surface area (TPSA) is 165 Å². The number of hydrogen-bond donors (Lipinski definition) is 4. The Balaban J connectivity index is 1.62. The van der Waals surface area contributed by atoms with Crippen molar-refractivity contribution in [2.45, 2.75) is 63.9 Å². The number of benzene rings is 1. The lowest BCUT2D eigenvalue weighted by Gasteiger charge is -2.53. The fraction of sp³-hybridized carbons (Fsp3) is 0.593. The minimum absolute atomic E-state index is 0.00886. The van der Waals surface area contributed by atoms with E-state index in [9.17, 15) is 29.4 Å². The third-order valence-electron chi connectivity index (χ3n) is 9.37. The number of nitrogens with zero attached hydrogens (tertiary/aromatic N) is 2. The molecule has 38 heavy (non-hydrogen) atoms. The van der Waals surface area contributed by atoms with Crippen LogP contribution in [0.1, 0.15) is 53.7 Å². The molecule has 7 unspecified atom stereocenters. The maximum Gasteiger partial charge on any atom is 0.233 e. The number of carbonyl (C=O) groups is 4. The van der Waals surface area contributed by atoms with Gasteiger partial charge in [0.05, 0.1) is 23.2 Å². The van der Waals surface area contributed by atoms with Crippen LogP contribution in [0.15, 0.2) is 0 Å². The predicted molar refractivity (Wildman–Crippen MR) is 138 cm³/mol. The van der Waals surface area contributed by atoms with E-state index in [1.165, 1.54) is 4.90 Å². The van der Waals surface area contributed by atoms with E-state index in [0.29, 0.717) is 29.2 Å². The lowest BCUT2D eigenvalue weighted by molar-refractivity contribution is -0.157. The van der Waals surface area contributed by atoms with E-state index in [-0.39, 0.29) is 30.2 Å². The van der Waals surface area contributed by atoms with E-state index >= 15 is 0 Å². The smallest absolute Gasteiger partial charge is 0.233 e. The Bertz CT molecular complexity index is 1310. The van der Waals surface area contributed by atoms with Crippen LogP contribution in [0.5, 0.6) is 5.75 Å². The van der Waals surface area contributed by atoms with Gasteiger partial charge in [-0.1, -0.05) is 18.5 Å². The quantitative estimate of drug-likeness (QED) is 0.409. The SMILES string of the molecule is CCC(C)N1Cc2c(O)c3c(c(Cl)c2C1)CC1CC2C(N(C)C)C(=O)C(C(N)=O)C(=N)C2(O)C(=O)C1C3=O. The van der Waals surface area contributed by atoms with E-state index < -0.39 is 64.3 Å². The first-order valence-electron chi connectivity index (χ1n) is 13.0. The van der Waals surface area contributed by atoms with Gasteiger partial charge in [-0.15, -0.1) is 0 Å².